The first-order valence-electron chi connectivity index (χ1n) is 7.23. The smallest absolute Gasteiger partial charge is 0.343 e. The van der Waals surface area contributed by atoms with Crippen LogP contribution in [0.5, 0.6) is 11.5 Å². The molecule has 0 atom stereocenters. The Balaban J connectivity index is 2.16. The van der Waals surface area contributed by atoms with Crippen molar-refractivity contribution >= 4 is 51.0 Å². The fraction of sp³-hybridized carbons (Fsp3) is 0.333. The number of halogens is 1. The Kier molecular flexibility index (Phi) is 7.26. The molecule has 1 aromatic carbocycles. The van der Waals surface area contributed by atoms with Gasteiger partial charge in [0.2, 0.25) is 5.91 Å². The Bertz CT molecular complexity index is 723. The van der Waals surface area contributed by atoms with Gasteiger partial charge in [0, 0.05) is 10.0 Å². The molecule has 10 heteroatoms. The Morgan fingerprint density at radius 1 is 1.40 bits per heavy atom. The Morgan fingerprint density at radius 3 is 2.80 bits per heavy atom. The lowest BCUT2D eigenvalue weighted by atomic mass is 10.2. The molecule has 1 aliphatic heterocycles. The van der Waals surface area contributed by atoms with Crippen LogP contribution in [0.1, 0.15) is 12.5 Å². The van der Waals surface area contributed by atoms with Gasteiger partial charge in [0.15, 0.2) is 23.3 Å². The lowest BCUT2D eigenvalue weighted by molar-refractivity contribution is -0.142. The topological polar surface area (TPSA) is 98.6 Å². The molecule has 0 spiro atoms. The van der Waals surface area contributed by atoms with Gasteiger partial charge in [0.25, 0.3) is 0 Å². The molecule has 2 rings (SSSR count). The summed E-state index contributed by atoms with van der Waals surface area (Å²) in [5.74, 6) is 0.633. The van der Waals surface area contributed by atoms with E-state index in [4.69, 9.17) is 9.47 Å². The maximum absolute atomic E-state index is 11.2. The summed E-state index contributed by atoms with van der Waals surface area (Å²) >= 11 is 4.70. The molecule has 1 N–H and O–H groups in total. The lowest BCUT2D eigenvalue weighted by Gasteiger charge is -2.13. The van der Waals surface area contributed by atoms with Crippen molar-refractivity contribution in [1.82, 2.24) is 5.32 Å². The molecule has 1 amide bonds. The summed E-state index contributed by atoms with van der Waals surface area (Å²) in [5, 5.41) is 11.0. The predicted molar refractivity (Wildman–Crippen MR) is 98.5 cm³/mol. The summed E-state index contributed by atoms with van der Waals surface area (Å²) in [6, 6.07) is 3.39. The summed E-state index contributed by atoms with van der Waals surface area (Å²) in [5.41, 5.74) is 0.701. The van der Waals surface area contributed by atoms with Crippen LogP contribution in [0.15, 0.2) is 26.8 Å². The summed E-state index contributed by atoms with van der Waals surface area (Å²) in [6.07, 6.45) is 1.52. The average molecular weight is 430 g/mol. The standard InChI is InChI=1S/C15H16BrN3O5S/c1-3-23-11-4-9(6-17-19-15-18-13(20)8-25-15)10(16)5-12(11)24-7-14(21)22-2/h4-6H,3,7-8H2,1-2H3,(H,18,19,20). The largest absolute Gasteiger partial charge is 0.490 e. The van der Waals surface area contributed by atoms with Crippen LogP contribution in [0.4, 0.5) is 0 Å². The zero-order valence-corrected chi connectivity index (χ0v) is 16.0. The Morgan fingerprint density at radius 2 is 2.16 bits per heavy atom. The molecule has 8 nitrogen and oxygen atoms in total. The van der Waals surface area contributed by atoms with Crippen molar-refractivity contribution in [2.24, 2.45) is 10.2 Å². The molecular weight excluding hydrogens is 414 g/mol. The van der Waals surface area contributed by atoms with Crippen LogP contribution in [0.2, 0.25) is 0 Å². The van der Waals surface area contributed by atoms with Gasteiger partial charge >= 0.3 is 5.97 Å². The van der Waals surface area contributed by atoms with Gasteiger partial charge in [0.1, 0.15) is 0 Å². The van der Waals surface area contributed by atoms with Crippen molar-refractivity contribution in [2.45, 2.75) is 6.92 Å². The summed E-state index contributed by atoms with van der Waals surface area (Å²) in [7, 11) is 1.29. The second kappa shape index (κ2) is 9.42. The van der Waals surface area contributed by atoms with E-state index < -0.39 is 5.97 Å². The fourth-order valence-electron chi connectivity index (χ4n) is 1.75. The Hall–Kier alpha value is -2.07. The summed E-state index contributed by atoms with van der Waals surface area (Å²) in [6.45, 7) is 2.05. The molecule has 0 saturated carbocycles. The van der Waals surface area contributed by atoms with Crippen molar-refractivity contribution in [3.05, 3.63) is 22.2 Å². The monoisotopic (exact) mass is 429 g/mol. The number of hydrogen-bond acceptors (Lipinski definition) is 8. The molecule has 1 saturated heterocycles. The normalized spacial score (nSPS) is 15.5. The van der Waals surface area contributed by atoms with E-state index in [2.05, 4.69) is 36.2 Å². The number of hydrogen-bond donors (Lipinski definition) is 1. The van der Waals surface area contributed by atoms with E-state index in [1.807, 2.05) is 6.92 Å². The number of nitrogens with one attached hydrogen (secondary N) is 1. The average Bonchev–Trinajstić information content (AvgIpc) is 3.01. The predicted octanol–water partition coefficient (Wildman–Crippen LogP) is 1.95. The molecule has 0 unspecified atom stereocenters. The third kappa shape index (κ3) is 5.75. The van der Waals surface area contributed by atoms with Crippen molar-refractivity contribution in [1.29, 1.82) is 0 Å². The number of carbonyl (C=O) groups excluding carboxylic acids is 2. The van der Waals surface area contributed by atoms with Crippen LogP contribution >= 0.6 is 27.7 Å². The number of carbonyl (C=O) groups is 2. The minimum atomic E-state index is -0.490. The number of benzene rings is 1. The van der Waals surface area contributed by atoms with Gasteiger partial charge in [-0.3, -0.25) is 4.79 Å². The van der Waals surface area contributed by atoms with Gasteiger partial charge in [-0.15, -0.1) is 5.10 Å². The maximum atomic E-state index is 11.2. The molecule has 0 bridgehead atoms. The van der Waals surface area contributed by atoms with Crippen molar-refractivity contribution in [3.63, 3.8) is 0 Å². The number of methoxy groups -OCH3 is 1. The lowest BCUT2D eigenvalue weighted by Crippen LogP contribution is -2.19. The third-order valence-electron chi connectivity index (χ3n) is 2.87. The molecule has 25 heavy (non-hydrogen) atoms. The number of amides is 1. The summed E-state index contributed by atoms with van der Waals surface area (Å²) < 4.78 is 16.2. The van der Waals surface area contributed by atoms with E-state index in [1.165, 1.54) is 25.1 Å². The van der Waals surface area contributed by atoms with Crippen molar-refractivity contribution in [3.8, 4) is 11.5 Å². The third-order valence-corrected chi connectivity index (χ3v) is 4.42. The van der Waals surface area contributed by atoms with E-state index in [-0.39, 0.29) is 12.5 Å². The number of esters is 1. The van der Waals surface area contributed by atoms with Crippen LogP contribution in [-0.4, -0.2) is 49.3 Å². The van der Waals surface area contributed by atoms with Gasteiger partial charge in [-0.05, 0) is 35.0 Å². The zero-order valence-electron chi connectivity index (χ0n) is 13.6. The number of ether oxygens (including phenoxy) is 3. The highest BCUT2D eigenvalue weighted by Gasteiger charge is 2.16. The first-order valence-corrected chi connectivity index (χ1v) is 9.01. The van der Waals surface area contributed by atoms with Crippen LogP contribution in [0.25, 0.3) is 0 Å². The maximum Gasteiger partial charge on any atom is 0.343 e. The van der Waals surface area contributed by atoms with Crippen LogP contribution < -0.4 is 14.8 Å². The zero-order chi connectivity index (χ0) is 18.2. The van der Waals surface area contributed by atoms with Gasteiger partial charge in [0.05, 0.1) is 25.7 Å². The minimum absolute atomic E-state index is 0.0918. The van der Waals surface area contributed by atoms with Gasteiger partial charge in [-0.2, -0.15) is 5.10 Å². The molecule has 134 valence electrons. The second-order valence-corrected chi connectivity index (χ2v) is 6.42. The molecule has 1 heterocycles. The highest BCUT2D eigenvalue weighted by atomic mass is 79.9. The molecule has 0 radical (unpaired) electrons. The van der Waals surface area contributed by atoms with E-state index in [0.717, 1.165) is 0 Å². The van der Waals surface area contributed by atoms with E-state index in [9.17, 15) is 9.59 Å². The molecular formula is C15H16BrN3O5S. The molecule has 1 fully saturated rings. The van der Waals surface area contributed by atoms with Gasteiger partial charge in [-0.25, -0.2) is 4.79 Å². The highest BCUT2D eigenvalue weighted by Crippen LogP contribution is 2.33. The number of nitrogens with zero attached hydrogens (tertiary/aromatic N) is 2. The fourth-order valence-corrected chi connectivity index (χ4v) is 2.80. The molecule has 1 aromatic rings. The van der Waals surface area contributed by atoms with Gasteiger partial charge < -0.3 is 19.5 Å². The van der Waals surface area contributed by atoms with E-state index >= 15 is 0 Å². The minimum Gasteiger partial charge on any atom is -0.490 e. The first-order chi connectivity index (χ1) is 12.0. The molecule has 1 aliphatic rings. The van der Waals surface area contributed by atoms with Crippen molar-refractivity contribution < 1.29 is 23.8 Å². The SMILES string of the molecule is CCOc1cc(C=NN=C2NC(=O)CS2)c(Br)cc1OCC(=O)OC. The molecule has 0 aliphatic carbocycles. The van der Waals surface area contributed by atoms with E-state index in [1.54, 1.807) is 12.1 Å². The first kappa shape index (κ1) is 19.3. The molecule has 0 aromatic heterocycles. The van der Waals surface area contributed by atoms with Crippen molar-refractivity contribution in [2.75, 3.05) is 26.1 Å². The van der Waals surface area contributed by atoms with Gasteiger partial charge in [-0.1, -0.05) is 11.8 Å². The van der Waals surface area contributed by atoms with Crippen LogP contribution in [-0.2, 0) is 14.3 Å². The quantitative estimate of drug-likeness (QED) is 0.404. The number of rotatable bonds is 7. The Labute approximate surface area is 157 Å². The van der Waals surface area contributed by atoms with Crippen LogP contribution in [0, 0.1) is 0 Å². The van der Waals surface area contributed by atoms with Crippen LogP contribution in [0.3, 0.4) is 0 Å². The summed E-state index contributed by atoms with van der Waals surface area (Å²) in [4.78, 5) is 22.3. The number of thioether (sulfide) groups is 1. The van der Waals surface area contributed by atoms with E-state index in [0.29, 0.717) is 39.1 Å². The second-order valence-electron chi connectivity index (χ2n) is 4.60. The number of amidine groups is 1. The highest BCUT2D eigenvalue weighted by molar-refractivity contribution is 9.10.